The molecule has 2 heterocycles. The lowest BCUT2D eigenvalue weighted by atomic mass is 10.0. The lowest BCUT2D eigenvalue weighted by Crippen LogP contribution is -2.49. The van der Waals surface area contributed by atoms with Gasteiger partial charge in [-0.15, -0.1) is 0 Å². The zero-order chi connectivity index (χ0) is 22.7. The maximum Gasteiger partial charge on any atom is 0.260 e. The number of ether oxygens (including phenoxy) is 1. The Hall–Kier alpha value is -2.28. The number of amides is 3. The molecule has 3 amide bonds. The summed E-state index contributed by atoms with van der Waals surface area (Å²) in [6.07, 6.45) is 1.68. The van der Waals surface area contributed by atoms with Gasteiger partial charge in [0, 0.05) is 43.2 Å². The van der Waals surface area contributed by atoms with Crippen LogP contribution in [0.5, 0.6) is 5.75 Å². The monoisotopic (exact) mass is 449 g/mol. The smallest absolute Gasteiger partial charge is 0.260 e. The lowest BCUT2D eigenvalue weighted by molar-refractivity contribution is -0.134. The Labute approximate surface area is 189 Å². The van der Waals surface area contributed by atoms with E-state index in [0.717, 1.165) is 11.1 Å². The molecule has 7 nitrogen and oxygen atoms in total. The summed E-state index contributed by atoms with van der Waals surface area (Å²) in [5.41, 5.74) is 1.84. The normalized spacial score (nSPS) is 19.8. The molecule has 1 N–H and O–H groups in total. The molecule has 3 rings (SSSR count). The first-order chi connectivity index (χ1) is 14.7. The van der Waals surface area contributed by atoms with Crippen molar-refractivity contribution in [1.29, 1.82) is 0 Å². The van der Waals surface area contributed by atoms with E-state index in [2.05, 4.69) is 5.32 Å². The van der Waals surface area contributed by atoms with Gasteiger partial charge in [-0.1, -0.05) is 11.6 Å². The predicted molar refractivity (Wildman–Crippen MR) is 119 cm³/mol. The van der Waals surface area contributed by atoms with E-state index in [1.807, 2.05) is 39.8 Å². The summed E-state index contributed by atoms with van der Waals surface area (Å²) in [5.74, 6) is 0.273. The fourth-order valence-corrected chi connectivity index (χ4v) is 4.33. The minimum atomic E-state index is -0.283. The molecule has 0 spiro atoms. The molecule has 2 fully saturated rings. The van der Waals surface area contributed by atoms with Crippen molar-refractivity contribution in [3.63, 3.8) is 0 Å². The van der Waals surface area contributed by atoms with Crippen LogP contribution in [0.15, 0.2) is 12.1 Å². The first-order valence-electron chi connectivity index (χ1n) is 10.9. The number of rotatable bonds is 6. The van der Waals surface area contributed by atoms with Gasteiger partial charge in [-0.05, 0) is 63.8 Å². The number of carbonyl (C=O) groups excluding carboxylic acids is 3. The molecule has 0 saturated carbocycles. The average molecular weight is 450 g/mol. The molecular formula is C23H32ClN3O4. The van der Waals surface area contributed by atoms with Gasteiger partial charge in [-0.3, -0.25) is 14.4 Å². The summed E-state index contributed by atoms with van der Waals surface area (Å²) in [7, 11) is 0. The Morgan fingerprint density at radius 2 is 1.81 bits per heavy atom. The van der Waals surface area contributed by atoms with E-state index >= 15 is 0 Å². The van der Waals surface area contributed by atoms with Crippen molar-refractivity contribution in [1.82, 2.24) is 15.1 Å². The Bertz CT molecular complexity index is 826. The maximum atomic E-state index is 12.6. The SMILES string of the molecule is Cc1cc(OCC(=O)N2CCC(NC(=O)C3CC(=O)N(C(C)C)C3)CC2)cc(C)c1Cl. The summed E-state index contributed by atoms with van der Waals surface area (Å²) in [5, 5.41) is 3.79. The molecule has 0 aromatic heterocycles. The van der Waals surface area contributed by atoms with Gasteiger partial charge >= 0.3 is 0 Å². The first-order valence-corrected chi connectivity index (χ1v) is 11.3. The number of piperidine rings is 1. The van der Waals surface area contributed by atoms with Gasteiger partial charge in [0.1, 0.15) is 5.75 Å². The van der Waals surface area contributed by atoms with Crippen LogP contribution in [0.2, 0.25) is 5.02 Å². The number of likely N-dealkylation sites (tertiary alicyclic amines) is 2. The van der Waals surface area contributed by atoms with Crippen molar-refractivity contribution in [3.05, 3.63) is 28.3 Å². The van der Waals surface area contributed by atoms with Crippen LogP contribution in [-0.2, 0) is 14.4 Å². The molecule has 170 valence electrons. The van der Waals surface area contributed by atoms with E-state index in [1.54, 1.807) is 9.80 Å². The fraction of sp³-hybridized carbons (Fsp3) is 0.609. The number of benzene rings is 1. The van der Waals surface area contributed by atoms with Gasteiger partial charge in [0.25, 0.3) is 5.91 Å². The summed E-state index contributed by atoms with van der Waals surface area (Å²) in [6.45, 7) is 9.36. The molecule has 1 atom stereocenters. The fourth-order valence-electron chi connectivity index (χ4n) is 4.22. The van der Waals surface area contributed by atoms with Gasteiger partial charge < -0.3 is 19.9 Å². The van der Waals surface area contributed by atoms with Gasteiger partial charge in [0.05, 0.1) is 5.92 Å². The van der Waals surface area contributed by atoms with Crippen molar-refractivity contribution in [2.24, 2.45) is 5.92 Å². The summed E-state index contributed by atoms with van der Waals surface area (Å²) >= 11 is 6.17. The van der Waals surface area contributed by atoms with Crippen LogP contribution in [0.4, 0.5) is 0 Å². The highest BCUT2D eigenvalue weighted by Crippen LogP contribution is 2.26. The lowest BCUT2D eigenvalue weighted by Gasteiger charge is -2.33. The second-order valence-corrected chi connectivity index (χ2v) is 9.24. The number of aryl methyl sites for hydroxylation is 2. The van der Waals surface area contributed by atoms with E-state index in [0.29, 0.717) is 43.2 Å². The van der Waals surface area contributed by atoms with Crippen molar-refractivity contribution >= 4 is 29.3 Å². The standard InChI is InChI=1S/C23H32ClN3O4/c1-14(2)27-12-17(11-20(27)28)23(30)25-18-5-7-26(8-6-18)21(29)13-31-19-9-15(3)22(24)16(4)10-19/h9-10,14,17-18H,5-8,11-13H2,1-4H3,(H,25,30). The number of hydrogen-bond acceptors (Lipinski definition) is 4. The molecule has 31 heavy (non-hydrogen) atoms. The topological polar surface area (TPSA) is 79.0 Å². The Morgan fingerprint density at radius 1 is 1.19 bits per heavy atom. The number of nitrogens with zero attached hydrogens (tertiary/aromatic N) is 2. The quantitative estimate of drug-likeness (QED) is 0.724. The summed E-state index contributed by atoms with van der Waals surface area (Å²) in [4.78, 5) is 40.7. The molecule has 8 heteroatoms. The van der Waals surface area contributed by atoms with Crippen LogP contribution < -0.4 is 10.1 Å². The zero-order valence-electron chi connectivity index (χ0n) is 18.7. The summed E-state index contributed by atoms with van der Waals surface area (Å²) in [6, 6.07) is 3.81. The second kappa shape index (κ2) is 9.90. The van der Waals surface area contributed by atoms with Crippen LogP contribution >= 0.6 is 11.6 Å². The van der Waals surface area contributed by atoms with Crippen molar-refractivity contribution in [2.45, 2.75) is 59.0 Å². The maximum absolute atomic E-state index is 12.6. The molecule has 1 aromatic rings. The first kappa shape index (κ1) is 23.4. The molecular weight excluding hydrogens is 418 g/mol. The highest BCUT2D eigenvalue weighted by atomic mass is 35.5. The number of halogens is 1. The van der Waals surface area contributed by atoms with Crippen molar-refractivity contribution in [2.75, 3.05) is 26.2 Å². The molecule has 2 aliphatic rings. The minimum Gasteiger partial charge on any atom is -0.484 e. The molecule has 1 unspecified atom stereocenters. The summed E-state index contributed by atoms with van der Waals surface area (Å²) < 4.78 is 5.68. The second-order valence-electron chi connectivity index (χ2n) is 8.86. The van der Waals surface area contributed by atoms with Gasteiger partial charge in [0.2, 0.25) is 11.8 Å². The molecule has 0 radical (unpaired) electrons. The Balaban J connectivity index is 1.42. The van der Waals surface area contributed by atoms with Gasteiger partial charge in [-0.2, -0.15) is 0 Å². The molecule has 2 saturated heterocycles. The predicted octanol–water partition coefficient (Wildman–Crippen LogP) is 2.70. The number of carbonyl (C=O) groups is 3. The van der Waals surface area contributed by atoms with Crippen molar-refractivity contribution in [3.8, 4) is 5.75 Å². The third-order valence-corrected chi connectivity index (χ3v) is 6.72. The zero-order valence-corrected chi connectivity index (χ0v) is 19.5. The molecule has 1 aromatic carbocycles. The minimum absolute atomic E-state index is 0.0211. The molecule has 0 aliphatic carbocycles. The Kier molecular flexibility index (Phi) is 7.46. The van der Waals surface area contributed by atoms with E-state index in [-0.39, 0.29) is 48.8 Å². The number of hydrogen-bond donors (Lipinski definition) is 1. The highest BCUT2D eigenvalue weighted by molar-refractivity contribution is 6.32. The van der Waals surface area contributed by atoms with E-state index in [9.17, 15) is 14.4 Å². The van der Waals surface area contributed by atoms with E-state index < -0.39 is 0 Å². The van der Waals surface area contributed by atoms with E-state index in [4.69, 9.17) is 16.3 Å². The highest BCUT2D eigenvalue weighted by Gasteiger charge is 2.36. The van der Waals surface area contributed by atoms with Crippen LogP contribution in [0.1, 0.15) is 44.2 Å². The van der Waals surface area contributed by atoms with Crippen molar-refractivity contribution < 1.29 is 19.1 Å². The van der Waals surface area contributed by atoms with E-state index in [1.165, 1.54) is 0 Å². The molecule has 2 aliphatic heterocycles. The van der Waals surface area contributed by atoms with Crippen LogP contribution in [0.3, 0.4) is 0 Å². The van der Waals surface area contributed by atoms with Crippen LogP contribution in [0.25, 0.3) is 0 Å². The third kappa shape index (κ3) is 5.70. The Morgan fingerprint density at radius 3 is 2.35 bits per heavy atom. The van der Waals surface area contributed by atoms with Crippen LogP contribution in [-0.4, -0.2) is 65.8 Å². The average Bonchev–Trinajstić information content (AvgIpc) is 3.13. The number of nitrogens with one attached hydrogen (secondary N) is 1. The van der Waals surface area contributed by atoms with Gasteiger partial charge in [-0.25, -0.2) is 0 Å². The third-order valence-electron chi connectivity index (χ3n) is 6.12. The molecule has 0 bridgehead atoms. The van der Waals surface area contributed by atoms with Gasteiger partial charge in [0.15, 0.2) is 6.61 Å². The largest absolute Gasteiger partial charge is 0.484 e. The van der Waals surface area contributed by atoms with Crippen LogP contribution in [0, 0.1) is 19.8 Å².